The molecule has 0 aliphatic rings. The molecule has 0 saturated carbocycles. The molecule has 0 radical (unpaired) electrons. The minimum Gasteiger partial charge on any atom is -0.497 e. The third-order valence-corrected chi connectivity index (χ3v) is 5.33. The second kappa shape index (κ2) is 10.9. The van der Waals surface area contributed by atoms with Crippen molar-refractivity contribution in [2.75, 3.05) is 26.6 Å². The highest BCUT2D eigenvalue weighted by atomic mass is 35.5. The maximum atomic E-state index is 6.19. The van der Waals surface area contributed by atoms with E-state index in [9.17, 15) is 0 Å². The molecule has 0 atom stereocenters. The predicted molar refractivity (Wildman–Crippen MR) is 129 cm³/mol. The summed E-state index contributed by atoms with van der Waals surface area (Å²) < 4.78 is 16.0. The van der Waals surface area contributed by atoms with Crippen molar-refractivity contribution in [2.45, 2.75) is 13.1 Å². The summed E-state index contributed by atoms with van der Waals surface area (Å²) in [4.78, 5) is 2.08. The first-order valence-electron chi connectivity index (χ1n) is 9.67. The molecule has 1 N–H and O–H groups in total. The summed E-state index contributed by atoms with van der Waals surface area (Å²) in [6.45, 7) is 1.21. The third kappa shape index (κ3) is 6.26. The second-order valence-electron chi connectivity index (χ2n) is 6.83. The van der Waals surface area contributed by atoms with Gasteiger partial charge in [0.25, 0.3) is 0 Å². The lowest BCUT2D eigenvalue weighted by atomic mass is 10.1. The van der Waals surface area contributed by atoms with Crippen molar-refractivity contribution in [1.82, 2.24) is 4.90 Å². The van der Waals surface area contributed by atoms with Crippen LogP contribution in [-0.2, 0) is 13.1 Å². The number of ether oxygens (including phenoxy) is 3. The highest BCUT2D eigenvalue weighted by Gasteiger charge is 2.15. The maximum absolute atomic E-state index is 6.19. The van der Waals surface area contributed by atoms with Crippen molar-refractivity contribution in [3.05, 3.63) is 82.9 Å². The molecule has 0 aromatic heterocycles. The Bertz CT molecular complexity index is 1030. The van der Waals surface area contributed by atoms with E-state index in [-0.39, 0.29) is 0 Å². The Kier molecular flexibility index (Phi) is 7.98. The first-order chi connectivity index (χ1) is 15.0. The molecule has 0 fully saturated rings. The average Bonchev–Trinajstić information content (AvgIpc) is 2.79. The largest absolute Gasteiger partial charge is 0.497 e. The van der Waals surface area contributed by atoms with Crippen LogP contribution in [0.2, 0.25) is 5.02 Å². The predicted octanol–water partition coefficient (Wildman–Crippen LogP) is 5.77. The topological polar surface area (TPSA) is 43.0 Å². The number of nitrogens with zero attached hydrogens (tertiary/aromatic N) is 1. The maximum Gasteiger partial charge on any atom is 0.174 e. The number of rotatable bonds is 8. The van der Waals surface area contributed by atoms with Crippen LogP contribution in [-0.4, -0.2) is 31.3 Å². The number of halogens is 1. The Morgan fingerprint density at radius 3 is 2.16 bits per heavy atom. The number of thiocarbonyl (C=S) groups is 1. The van der Waals surface area contributed by atoms with Crippen LogP contribution in [0.3, 0.4) is 0 Å². The summed E-state index contributed by atoms with van der Waals surface area (Å²) in [5, 5.41) is 4.57. The van der Waals surface area contributed by atoms with Gasteiger partial charge in [-0.3, -0.25) is 0 Å². The number of nitrogens with one attached hydrogen (secondary N) is 1. The standard InChI is InChI=1S/C24H25ClN2O3S/c1-28-20-9-7-17(8-10-20)15-27(16-18-5-4-6-19(25)13-18)24(31)26-22-12-11-21(29-2)14-23(22)30-3/h4-14H,15-16H2,1-3H3,(H,26,31). The van der Waals surface area contributed by atoms with Gasteiger partial charge >= 0.3 is 0 Å². The monoisotopic (exact) mass is 456 g/mol. The summed E-state index contributed by atoms with van der Waals surface area (Å²) >= 11 is 12.0. The van der Waals surface area contributed by atoms with Gasteiger partial charge in [-0.2, -0.15) is 0 Å². The van der Waals surface area contributed by atoms with E-state index in [1.165, 1.54) is 0 Å². The summed E-state index contributed by atoms with van der Waals surface area (Å²) in [7, 11) is 4.89. The first kappa shape index (κ1) is 22.7. The Morgan fingerprint density at radius 2 is 1.52 bits per heavy atom. The molecule has 0 heterocycles. The quantitative estimate of drug-likeness (QED) is 0.434. The van der Waals surface area contributed by atoms with Crippen LogP contribution in [0.1, 0.15) is 11.1 Å². The fourth-order valence-corrected chi connectivity index (χ4v) is 3.55. The molecule has 0 bridgehead atoms. The molecule has 0 saturated heterocycles. The van der Waals surface area contributed by atoms with Gasteiger partial charge in [0.1, 0.15) is 17.2 Å². The zero-order chi connectivity index (χ0) is 22.2. The van der Waals surface area contributed by atoms with Gasteiger partial charge in [-0.05, 0) is 59.7 Å². The number of anilines is 1. The first-order valence-corrected chi connectivity index (χ1v) is 10.5. The van der Waals surface area contributed by atoms with Crippen molar-refractivity contribution in [2.24, 2.45) is 0 Å². The van der Waals surface area contributed by atoms with E-state index in [4.69, 9.17) is 38.0 Å². The molecule has 7 heteroatoms. The SMILES string of the molecule is COc1ccc(CN(Cc2cccc(Cl)c2)C(=S)Nc2ccc(OC)cc2OC)cc1. The molecule has 0 spiro atoms. The van der Waals surface area contributed by atoms with Gasteiger partial charge in [0.2, 0.25) is 0 Å². The molecular formula is C24H25ClN2O3S. The molecule has 0 aliphatic carbocycles. The molecule has 31 heavy (non-hydrogen) atoms. The van der Waals surface area contributed by atoms with E-state index in [0.29, 0.717) is 34.7 Å². The van der Waals surface area contributed by atoms with Crippen molar-refractivity contribution in [1.29, 1.82) is 0 Å². The molecule has 3 rings (SSSR count). The lowest BCUT2D eigenvalue weighted by molar-refractivity contribution is 0.394. The van der Waals surface area contributed by atoms with Gasteiger partial charge in [0, 0.05) is 24.2 Å². The normalized spacial score (nSPS) is 10.3. The number of hydrogen-bond donors (Lipinski definition) is 1. The van der Waals surface area contributed by atoms with E-state index >= 15 is 0 Å². The van der Waals surface area contributed by atoms with Crippen molar-refractivity contribution >= 4 is 34.6 Å². The van der Waals surface area contributed by atoms with Gasteiger partial charge in [-0.15, -0.1) is 0 Å². The van der Waals surface area contributed by atoms with Gasteiger partial charge < -0.3 is 24.4 Å². The van der Waals surface area contributed by atoms with E-state index in [2.05, 4.69) is 10.2 Å². The molecule has 162 valence electrons. The summed E-state index contributed by atoms with van der Waals surface area (Å²) in [6, 6.07) is 21.3. The van der Waals surface area contributed by atoms with Crippen LogP contribution in [0, 0.1) is 0 Å². The number of methoxy groups -OCH3 is 3. The molecule has 5 nitrogen and oxygen atoms in total. The number of hydrogen-bond acceptors (Lipinski definition) is 4. The molecular weight excluding hydrogens is 432 g/mol. The fourth-order valence-electron chi connectivity index (χ4n) is 3.10. The molecule has 0 amide bonds. The zero-order valence-corrected chi connectivity index (χ0v) is 19.3. The van der Waals surface area contributed by atoms with Crippen LogP contribution >= 0.6 is 23.8 Å². The van der Waals surface area contributed by atoms with Crippen molar-refractivity contribution in [3.63, 3.8) is 0 Å². The molecule has 3 aromatic rings. The smallest absolute Gasteiger partial charge is 0.174 e. The van der Waals surface area contributed by atoms with Gasteiger partial charge in [0.05, 0.1) is 27.0 Å². The lowest BCUT2D eigenvalue weighted by Crippen LogP contribution is -2.34. The van der Waals surface area contributed by atoms with E-state index in [0.717, 1.165) is 22.6 Å². The van der Waals surface area contributed by atoms with Crippen LogP contribution in [0.25, 0.3) is 0 Å². The molecule has 0 unspecified atom stereocenters. The van der Waals surface area contributed by atoms with Crippen molar-refractivity contribution in [3.8, 4) is 17.2 Å². The Balaban J connectivity index is 1.84. The third-order valence-electron chi connectivity index (χ3n) is 4.73. The van der Waals surface area contributed by atoms with Crippen molar-refractivity contribution < 1.29 is 14.2 Å². The minimum atomic E-state index is 0.569. The zero-order valence-electron chi connectivity index (χ0n) is 17.7. The number of benzene rings is 3. The highest BCUT2D eigenvalue weighted by molar-refractivity contribution is 7.80. The second-order valence-corrected chi connectivity index (χ2v) is 7.65. The van der Waals surface area contributed by atoms with Crippen LogP contribution < -0.4 is 19.5 Å². The summed E-state index contributed by atoms with van der Waals surface area (Å²) in [6.07, 6.45) is 0. The average molecular weight is 457 g/mol. The van der Waals surface area contributed by atoms with Crippen LogP contribution in [0.15, 0.2) is 66.7 Å². The minimum absolute atomic E-state index is 0.569. The summed E-state index contributed by atoms with van der Waals surface area (Å²) in [5.41, 5.74) is 2.93. The molecule has 0 aliphatic heterocycles. The Labute approximate surface area is 193 Å². The van der Waals surface area contributed by atoms with Gasteiger partial charge in [0.15, 0.2) is 5.11 Å². The fraction of sp³-hybridized carbons (Fsp3) is 0.208. The van der Waals surface area contributed by atoms with Gasteiger partial charge in [-0.25, -0.2) is 0 Å². The highest BCUT2D eigenvalue weighted by Crippen LogP contribution is 2.29. The van der Waals surface area contributed by atoms with Crippen LogP contribution in [0.5, 0.6) is 17.2 Å². The van der Waals surface area contributed by atoms with E-state index < -0.39 is 0 Å². The Morgan fingerprint density at radius 1 is 0.839 bits per heavy atom. The van der Waals surface area contributed by atoms with E-state index in [1.807, 2.05) is 66.7 Å². The Hall–Kier alpha value is -2.96. The molecule has 3 aromatic carbocycles. The summed E-state index contributed by atoms with van der Waals surface area (Å²) in [5.74, 6) is 2.17. The van der Waals surface area contributed by atoms with E-state index in [1.54, 1.807) is 21.3 Å². The van der Waals surface area contributed by atoms with Gasteiger partial charge in [-0.1, -0.05) is 35.9 Å². The lowest BCUT2D eigenvalue weighted by Gasteiger charge is -2.27. The van der Waals surface area contributed by atoms with Crippen LogP contribution in [0.4, 0.5) is 5.69 Å².